The molecule has 1 aliphatic rings. The van der Waals surface area contributed by atoms with Gasteiger partial charge >= 0.3 is 0 Å². The Balaban J connectivity index is 1.53. The molecule has 0 spiro atoms. The summed E-state index contributed by atoms with van der Waals surface area (Å²) in [7, 11) is 0. The first-order chi connectivity index (χ1) is 14.0. The van der Waals surface area contributed by atoms with Crippen molar-refractivity contribution in [3.8, 4) is 0 Å². The summed E-state index contributed by atoms with van der Waals surface area (Å²) in [6, 6.07) is 3.45. The zero-order chi connectivity index (χ0) is 20.5. The Morgan fingerprint density at radius 2 is 2.21 bits per heavy atom. The quantitative estimate of drug-likeness (QED) is 0.688. The Morgan fingerprint density at radius 1 is 1.38 bits per heavy atom. The number of amides is 1. The van der Waals surface area contributed by atoms with Gasteiger partial charge in [-0.1, -0.05) is 13.3 Å². The minimum atomic E-state index is -0.633. The van der Waals surface area contributed by atoms with Crippen LogP contribution < -0.4 is 10.9 Å². The highest BCUT2D eigenvalue weighted by Crippen LogP contribution is 2.21. The van der Waals surface area contributed by atoms with Crippen LogP contribution in [0.5, 0.6) is 0 Å². The van der Waals surface area contributed by atoms with E-state index in [1.165, 1.54) is 23.9 Å². The normalized spacial score (nSPS) is 19.1. The Kier molecular flexibility index (Phi) is 5.45. The molecule has 8 heteroatoms. The Labute approximate surface area is 169 Å². The van der Waals surface area contributed by atoms with Crippen molar-refractivity contribution in [1.29, 1.82) is 0 Å². The maximum absolute atomic E-state index is 13.1. The fourth-order valence-corrected chi connectivity index (χ4v) is 4.41. The number of rotatable bonds is 6. The molecule has 1 aliphatic heterocycles. The number of nitrogens with zero attached hydrogens (tertiary/aromatic N) is 4. The molecule has 1 amide bonds. The molecule has 156 valence electrons. The molecule has 0 aromatic carbocycles. The predicted octanol–water partition coefficient (Wildman–Crippen LogP) is 2.49. The summed E-state index contributed by atoms with van der Waals surface area (Å²) >= 11 is 0. The van der Waals surface area contributed by atoms with Crippen molar-refractivity contribution < 1.29 is 9.21 Å². The summed E-state index contributed by atoms with van der Waals surface area (Å²) in [5.74, 6) is 0.482. The van der Waals surface area contributed by atoms with Crippen LogP contribution >= 0.6 is 0 Å². The molecule has 29 heavy (non-hydrogen) atoms. The van der Waals surface area contributed by atoms with E-state index in [-0.39, 0.29) is 11.5 Å². The number of carbonyl (C=O) groups is 1. The van der Waals surface area contributed by atoms with Gasteiger partial charge in [0.25, 0.3) is 5.56 Å². The first-order valence-corrected chi connectivity index (χ1v) is 10.5. The van der Waals surface area contributed by atoms with E-state index in [2.05, 4.69) is 22.2 Å². The first kappa shape index (κ1) is 19.7. The Morgan fingerprint density at radius 3 is 2.97 bits per heavy atom. The van der Waals surface area contributed by atoms with Crippen LogP contribution in [0.1, 0.15) is 51.4 Å². The second-order valence-electron chi connectivity index (χ2n) is 7.93. The molecule has 2 atom stereocenters. The highest BCUT2D eigenvalue weighted by molar-refractivity contribution is 5.83. The third-order valence-electron chi connectivity index (χ3n) is 6.05. The molecule has 1 saturated heterocycles. The molecule has 0 unspecified atom stereocenters. The average Bonchev–Trinajstić information content (AvgIpc) is 3.29. The van der Waals surface area contributed by atoms with Gasteiger partial charge in [0.15, 0.2) is 5.58 Å². The molecule has 8 nitrogen and oxygen atoms in total. The molecule has 4 heterocycles. The molecule has 0 radical (unpaired) electrons. The maximum atomic E-state index is 13.1. The number of hydrogen-bond donors (Lipinski definition) is 1. The third kappa shape index (κ3) is 3.57. The van der Waals surface area contributed by atoms with Crippen LogP contribution in [0.3, 0.4) is 0 Å². The number of aromatic nitrogens is 3. The van der Waals surface area contributed by atoms with Crippen molar-refractivity contribution in [3.05, 3.63) is 34.6 Å². The van der Waals surface area contributed by atoms with E-state index in [9.17, 15) is 9.59 Å². The Bertz CT molecular complexity index is 1080. The summed E-state index contributed by atoms with van der Waals surface area (Å²) in [6.07, 6.45) is 5.79. The predicted molar refractivity (Wildman–Crippen MR) is 111 cm³/mol. The summed E-state index contributed by atoms with van der Waals surface area (Å²) in [4.78, 5) is 28.3. The van der Waals surface area contributed by atoms with Crippen molar-refractivity contribution in [2.75, 3.05) is 19.6 Å². The molecular weight excluding hydrogens is 370 g/mol. The second-order valence-corrected chi connectivity index (χ2v) is 7.93. The summed E-state index contributed by atoms with van der Waals surface area (Å²) in [5.41, 5.74) is 1.63. The van der Waals surface area contributed by atoms with Gasteiger partial charge in [0.05, 0.1) is 11.8 Å². The van der Waals surface area contributed by atoms with Crippen molar-refractivity contribution in [2.45, 2.75) is 58.5 Å². The third-order valence-corrected chi connectivity index (χ3v) is 6.05. The standard InChI is InChI=1S/C21H29N5O3/c1-4-16(20(27)22-9-11-24-10-6-5-7-14(24)2)26-21(28)18-13-19-17(8-12-29-19)25(18)15(3)23-26/h8,12-14,16H,4-7,9-11H2,1-3H3,(H,22,27)/t14-,16-/m0/s1. The molecule has 4 rings (SSSR count). The number of aryl methyl sites for hydroxylation is 1. The van der Waals surface area contributed by atoms with Crippen LogP contribution in [0.4, 0.5) is 0 Å². The zero-order valence-corrected chi connectivity index (χ0v) is 17.4. The molecule has 3 aromatic heterocycles. The summed E-state index contributed by atoms with van der Waals surface area (Å²) in [6.45, 7) is 8.46. The molecule has 0 bridgehead atoms. The van der Waals surface area contributed by atoms with E-state index < -0.39 is 6.04 Å². The van der Waals surface area contributed by atoms with E-state index in [0.29, 0.717) is 35.9 Å². The monoisotopic (exact) mass is 399 g/mol. The molecule has 1 fully saturated rings. The smallest absolute Gasteiger partial charge is 0.291 e. The zero-order valence-electron chi connectivity index (χ0n) is 17.4. The number of nitrogens with one attached hydrogen (secondary N) is 1. The van der Waals surface area contributed by atoms with Crippen LogP contribution in [0, 0.1) is 6.92 Å². The van der Waals surface area contributed by atoms with E-state index >= 15 is 0 Å². The molecular formula is C21H29N5O3. The Hall–Kier alpha value is -2.61. The van der Waals surface area contributed by atoms with Crippen LogP contribution in [0.15, 0.2) is 27.6 Å². The van der Waals surface area contributed by atoms with E-state index in [0.717, 1.165) is 18.6 Å². The molecule has 0 aliphatic carbocycles. The molecule has 1 N–H and O–H groups in total. The van der Waals surface area contributed by atoms with Gasteiger partial charge in [-0.3, -0.25) is 18.9 Å². The highest BCUT2D eigenvalue weighted by Gasteiger charge is 2.24. The largest absolute Gasteiger partial charge is 0.463 e. The molecule has 0 saturated carbocycles. The lowest BCUT2D eigenvalue weighted by atomic mass is 10.0. The van der Waals surface area contributed by atoms with Crippen molar-refractivity contribution in [2.24, 2.45) is 0 Å². The van der Waals surface area contributed by atoms with Crippen molar-refractivity contribution >= 4 is 22.5 Å². The first-order valence-electron chi connectivity index (χ1n) is 10.5. The van der Waals surface area contributed by atoms with Crippen LogP contribution in [-0.2, 0) is 4.79 Å². The summed E-state index contributed by atoms with van der Waals surface area (Å²) in [5, 5.41) is 7.47. The lowest BCUT2D eigenvalue weighted by Crippen LogP contribution is -2.45. The number of piperidine rings is 1. The maximum Gasteiger partial charge on any atom is 0.291 e. The summed E-state index contributed by atoms with van der Waals surface area (Å²) < 4.78 is 8.53. The number of furan rings is 1. The van der Waals surface area contributed by atoms with Gasteiger partial charge in [0.1, 0.15) is 17.4 Å². The average molecular weight is 399 g/mol. The van der Waals surface area contributed by atoms with Gasteiger partial charge in [0.2, 0.25) is 5.91 Å². The van der Waals surface area contributed by atoms with E-state index in [1.54, 1.807) is 16.7 Å². The van der Waals surface area contributed by atoms with Gasteiger partial charge in [-0.25, -0.2) is 4.68 Å². The van der Waals surface area contributed by atoms with Crippen LogP contribution in [0.25, 0.3) is 16.6 Å². The van der Waals surface area contributed by atoms with E-state index in [4.69, 9.17) is 4.42 Å². The van der Waals surface area contributed by atoms with Gasteiger partial charge in [-0.2, -0.15) is 5.10 Å². The number of likely N-dealkylation sites (tertiary alicyclic amines) is 1. The topological polar surface area (TPSA) is 84.8 Å². The van der Waals surface area contributed by atoms with Crippen molar-refractivity contribution in [1.82, 2.24) is 24.4 Å². The molecule has 3 aromatic rings. The van der Waals surface area contributed by atoms with Gasteiger partial charge in [-0.15, -0.1) is 0 Å². The lowest BCUT2D eigenvalue weighted by molar-refractivity contribution is -0.124. The van der Waals surface area contributed by atoms with Gasteiger partial charge < -0.3 is 9.73 Å². The van der Waals surface area contributed by atoms with Crippen LogP contribution in [0.2, 0.25) is 0 Å². The van der Waals surface area contributed by atoms with E-state index in [1.807, 2.05) is 19.9 Å². The number of carbonyl (C=O) groups excluding carboxylic acids is 1. The van der Waals surface area contributed by atoms with Crippen molar-refractivity contribution in [3.63, 3.8) is 0 Å². The SMILES string of the molecule is CC[C@@H](C(=O)NCCN1CCCC[C@@H]1C)n1nc(C)n2c(cc3occc32)c1=O. The second kappa shape index (κ2) is 8.02. The highest BCUT2D eigenvalue weighted by atomic mass is 16.3. The number of hydrogen-bond acceptors (Lipinski definition) is 5. The fourth-order valence-electron chi connectivity index (χ4n) is 4.41. The fraction of sp³-hybridized carbons (Fsp3) is 0.571. The van der Waals surface area contributed by atoms with Gasteiger partial charge in [-0.05, 0) is 39.7 Å². The van der Waals surface area contributed by atoms with Crippen LogP contribution in [-0.4, -0.2) is 50.7 Å². The lowest BCUT2D eigenvalue weighted by Gasteiger charge is -2.33. The minimum Gasteiger partial charge on any atom is -0.463 e. The minimum absolute atomic E-state index is 0.161. The number of fused-ring (bicyclic) bond motifs is 3. The van der Waals surface area contributed by atoms with Gasteiger partial charge in [0, 0.05) is 31.3 Å².